The topological polar surface area (TPSA) is 59.2 Å². The second-order valence-corrected chi connectivity index (χ2v) is 5.42. The van der Waals surface area contributed by atoms with Gasteiger partial charge in [0.25, 0.3) is 5.91 Å². The number of nitrogens with zero attached hydrogens (tertiary/aromatic N) is 2. The fraction of sp³-hybridized carbons (Fsp3) is 0.600. The van der Waals surface area contributed by atoms with Crippen LogP contribution in [0.5, 0.6) is 0 Å². The van der Waals surface area contributed by atoms with Crippen molar-refractivity contribution in [2.24, 2.45) is 11.7 Å². The first-order valence-electron chi connectivity index (χ1n) is 7.11. The molecule has 0 saturated heterocycles. The summed E-state index contributed by atoms with van der Waals surface area (Å²) in [6.45, 7) is 1.28. The van der Waals surface area contributed by atoms with Crippen LogP contribution in [0.2, 0.25) is 0 Å². The highest BCUT2D eigenvalue weighted by molar-refractivity contribution is 5.92. The summed E-state index contributed by atoms with van der Waals surface area (Å²) < 4.78 is 0. The first-order chi connectivity index (χ1) is 9.20. The zero-order chi connectivity index (χ0) is 13.7. The molecule has 1 saturated carbocycles. The Morgan fingerprint density at radius 3 is 2.74 bits per heavy atom. The second-order valence-electron chi connectivity index (χ2n) is 5.42. The molecule has 0 radical (unpaired) electrons. The third-order valence-corrected chi connectivity index (χ3v) is 3.97. The maximum absolute atomic E-state index is 12.2. The van der Waals surface area contributed by atoms with Gasteiger partial charge in [-0.05, 0) is 24.0 Å². The largest absolute Gasteiger partial charge is 0.340 e. The molecule has 1 aromatic rings. The number of carbonyl (C=O) groups excluding carboxylic acids is 1. The molecule has 0 atom stereocenters. The van der Waals surface area contributed by atoms with E-state index < -0.39 is 0 Å². The molecule has 0 aliphatic heterocycles. The summed E-state index contributed by atoms with van der Waals surface area (Å²) in [5, 5.41) is 0. The first kappa shape index (κ1) is 14.0. The highest BCUT2D eigenvalue weighted by Gasteiger charge is 2.18. The fourth-order valence-corrected chi connectivity index (χ4v) is 2.64. The van der Waals surface area contributed by atoms with Crippen molar-refractivity contribution in [2.75, 3.05) is 13.6 Å². The van der Waals surface area contributed by atoms with Crippen LogP contribution in [0.25, 0.3) is 0 Å². The van der Waals surface area contributed by atoms with Gasteiger partial charge in [0.2, 0.25) is 0 Å². The summed E-state index contributed by atoms with van der Waals surface area (Å²) in [6.07, 6.45) is 8.15. The molecule has 0 bridgehead atoms. The van der Waals surface area contributed by atoms with Crippen LogP contribution in [0.1, 0.15) is 48.2 Å². The molecule has 1 aromatic heterocycles. The maximum Gasteiger partial charge on any atom is 0.272 e. The van der Waals surface area contributed by atoms with Gasteiger partial charge in [0.05, 0.1) is 0 Å². The van der Waals surface area contributed by atoms with Crippen molar-refractivity contribution in [3.63, 3.8) is 0 Å². The predicted molar refractivity (Wildman–Crippen MR) is 75.7 cm³/mol. The summed E-state index contributed by atoms with van der Waals surface area (Å²) >= 11 is 0. The number of pyridine rings is 1. The minimum Gasteiger partial charge on any atom is -0.340 e. The van der Waals surface area contributed by atoms with Crippen LogP contribution in [-0.4, -0.2) is 29.4 Å². The van der Waals surface area contributed by atoms with E-state index in [2.05, 4.69) is 4.98 Å². The van der Waals surface area contributed by atoms with E-state index in [0.29, 0.717) is 12.2 Å². The summed E-state index contributed by atoms with van der Waals surface area (Å²) in [4.78, 5) is 18.1. The molecule has 1 aliphatic rings. The van der Waals surface area contributed by atoms with Gasteiger partial charge in [-0.2, -0.15) is 0 Å². The predicted octanol–water partition coefficient (Wildman–Crippen LogP) is 2.19. The Kier molecular flexibility index (Phi) is 4.91. The van der Waals surface area contributed by atoms with Crippen LogP contribution in [0.15, 0.2) is 18.3 Å². The lowest BCUT2D eigenvalue weighted by molar-refractivity contribution is 0.0781. The summed E-state index contributed by atoms with van der Waals surface area (Å²) in [6, 6.07) is 3.63. The molecule has 19 heavy (non-hydrogen) atoms. The molecule has 1 amide bonds. The van der Waals surface area contributed by atoms with Gasteiger partial charge in [0, 0.05) is 26.3 Å². The van der Waals surface area contributed by atoms with Gasteiger partial charge < -0.3 is 10.6 Å². The zero-order valence-corrected chi connectivity index (χ0v) is 11.6. The molecule has 1 heterocycles. The highest BCUT2D eigenvalue weighted by atomic mass is 16.2. The van der Waals surface area contributed by atoms with Gasteiger partial charge in [0.1, 0.15) is 5.69 Å². The lowest BCUT2D eigenvalue weighted by Crippen LogP contribution is -2.29. The van der Waals surface area contributed by atoms with E-state index in [1.54, 1.807) is 17.2 Å². The van der Waals surface area contributed by atoms with Crippen molar-refractivity contribution in [2.45, 2.75) is 38.6 Å². The molecule has 4 nitrogen and oxygen atoms in total. The van der Waals surface area contributed by atoms with Crippen molar-refractivity contribution in [1.82, 2.24) is 9.88 Å². The smallest absolute Gasteiger partial charge is 0.272 e. The van der Waals surface area contributed by atoms with Gasteiger partial charge in [-0.15, -0.1) is 0 Å². The minimum atomic E-state index is 0.00145. The number of hydrogen-bond donors (Lipinski definition) is 1. The van der Waals surface area contributed by atoms with E-state index in [9.17, 15) is 4.79 Å². The standard InChI is InChI=1S/C15H23N3O/c1-18(9-8-12-4-2-3-5-12)15(19)14-7-6-13(10-16)11-17-14/h6-7,11-12H,2-5,8-10,16H2,1H3. The van der Waals surface area contributed by atoms with Gasteiger partial charge >= 0.3 is 0 Å². The molecule has 1 fully saturated rings. The molecular weight excluding hydrogens is 238 g/mol. The van der Waals surface area contributed by atoms with Crippen molar-refractivity contribution in [1.29, 1.82) is 0 Å². The Hall–Kier alpha value is -1.42. The monoisotopic (exact) mass is 261 g/mol. The van der Waals surface area contributed by atoms with Gasteiger partial charge in [-0.25, -0.2) is 0 Å². The van der Waals surface area contributed by atoms with E-state index in [1.807, 2.05) is 13.1 Å². The highest BCUT2D eigenvalue weighted by Crippen LogP contribution is 2.27. The lowest BCUT2D eigenvalue weighted by Gasteiger charge is -2.19. The summed E-state index contributed by atoms with van der Waals surface area (Å²) in [7, 11) is 1.86. The SMILES string of the molecule is CN(CCC1CCCC1)C(=O)c1ccc(CN)cn1. The lowest BCUT2D eigenvalue weighted by atomic mass is 10.0. The Morgan fingerprint density at radius 1 is 1.42 bits per heavy atom. The minimum absolute atomic E-state index is 0.00145. The van der Waals surface area contributed by atoms with Crippen molar-refractivity contribution >= 4 is 5.91 Å². The Bertz CT molecular complexity index is 410. The summed E-state index contributed by atoms with van der Waals surface area (Å²) in [5.74, 6) is 0.810. The van der Waals surface area contributed by atoms with Gasteiger partial charge in [-0.1, -0.05) is 31.7 Å². The third-order valence-electron chi connectivity index (χ3n) is 3.97. The number of amides is 1. The number of aromatic nitrogens is 1. The Morgan fingerprint density at radius 2 is 2.16 bits per heavy atom. The molecule has 1 aliphatic carbocycles. The van der Waals surface area contributed by atoms with Crippen LogP contribution < -0.4 is 5.73 Å². The van der Waals surface area contributed by atoms with Crippen LogP contribution in [0.3, 0.4) is 0 Å². The molecule has 0 unspecified atom stereocenters. The molecular formula is C15H23N3O. The fourth-order valence-electron chi connectivity index (χ4n) is 2.64. The van der Waals surface area contributed by atoms with Crippen LogP contribution >= 0.6 is 0 Å². The van der Waals surface area contributed by atoms with Crippen molar-refractivity contribution < 1.29 is 4.79 Å². The Labute approximate surface area is 115 Å². The van der Waals surface area contributed by atoms with Crippen molar-refractivity contribution in [3.05, 3.63) is 29.6 Å². The average molecular weight is 261 g/mol. The molecule has 2 N–H and O–H groups in total. The normalized spacial score (nSPS) is 15.7. The molecule has 104 valence electrons. The number of carbonyl (C=O) groups is 1. The van der Waals surface area contributed by atoms with E-state index in [1.165, 1.54) is 25.7 Å². The molecule has 0 spiro atoms. The number of hydrogen-bond acceptors (Lipinski definition) is 3. The van der Waals surface area contributed by atoms with Crippen molar-refractivity contribution in [3.8, 4) is 0 Å². The number of nitrogens with two attached hydrogens (primary N) is 1. The average Bonchev–Trinajstić information content (AvgIpc) is 2.97. The number of rotatable bonds is 5. The third kappa shape index (κ3) is 3.77. The summed E-state index contributed by atoms with van der Waals surface area (Å²) in [5.41, 5.74) is 6.97. The van der Waals surface area contributed by atoms with Gasteiger partial charge in [-0.3, -0.25) is 9.78 Å². The van der Waals surface area contributed by atoms with E-state index >= 15 is 0 Å². The molecule has 0 aromatic carbocycles. The van der Waals surface area contributed by atoms with E-state index in [0.717, 1.165) is 24.4 Å². The maximum atomic E-state index is 12.2. The van der Waals surface area contributed by atoms with Crippen LogP contribution in [0.4, 0.5) is 0 Å². The quantitative estimate of drug-likeness (QED) is 0.884. The van der Waals surface area contributed by atoms with Crippen LogP contribution in [0, 0.1) is 5.92 Å². The van der Waals surface area contributed by atoms with Gasteiger partial charge in [0.15, 0.2) is 0 Å². The molecule has 2 rings (SSSR count). The van der Waals surface area contributed by atoms with E-state index in [4.69, 9.17) is 5.73 Å². The van der Waals surface area contributed by atoms with E-state index in [-0.39, 0.29) is 5.91 Å². The zero-order valence-electron chi connectivity index (χ0n) is 11.6. The van der Waals surface area contributed by atoms with Crippen LogP contribution in [-0.2, 0) is 6.54 Å². The second kappa shape index (κ2) is 6.66. The molecule has 4 heteroatoms. The first-order valence-corrected chi connectivity index (χ1v) is 7.11. The Balaban J connectivity index is 1.86.